The fourth-order valence-corrected chi connectivity index (χ4v) is 1.28. The van der Waals surface area contributed by atoms with Crippen LogP contribution in [-0.2, 0) is 0 Å². The summed E-state index contributed by atoms with van der Waals surface area (Å²) in [4.78, 5) is 10.3. The van der Waals surface area contributed by atoms with Crippen molar-refractivity contribution in [1.82, 2.24) is 14.9 Å². The fourth-order valence-electron chi connectivity index (χ4n) is 1.28. The first-order valence-corrected chi connectivity index (χ1v) is 4.90. The molecular formula is C10H18N4O. The highest BCUT2D eigenvalue weighted by Gasteiger charge is 2.14. The van der Waals surface area contributed by atoms with E-state index in [0.29, 0.717) is 5.88 Å². The monoisotopic (exact) mass is 210 g/mol. The largest absolute Gasteiger partial charge is 0.480 e. The number of hydrogen-bond acceptors (Lipinski definition) is 5. The average molecular weight is 210 g/mol. The molecule has 5 nitrogen and oxygen atoms in total. The highest BCUT2D eigenvalue weighted by Crippen LogP contribution is 2.19. The van der Waals surface area contributed by atoms with E-state index < -0.39 is 0 Å². The molecule has 1 aromatic rings. The normalized spacial score (nSPS) is 12.9. The molecule has 0 aliphatic heterocycles. The lowest BCUT2D eigenvalue weighted by molar-refractivity contribution is 0.361. The van der Waals surface area contributed by atoms with Crippen LogP contribution in [-0.4, -0.2) is 42.6 Å². The second-order valence-electron chi connectivity index (χ2n) is 3.65. The average Bonchev–Trinajstić information content (AvgIpc) is 2.25. The zero-order chi connectivity index (χ0) is 11.3. The van der Waals surface area contributed by atoms with Crippen LogP contribution in [0.15, 0.2) is 12.4 Å². The summed E-state index contributed by atoms with van der Waals surface area (Å²) in [5.41, 5.74) is 6.73. The molecule has 1 rings (SSSR count). The Bertz CT molecular complexity index is 303. The minimum atomic E-state index is -0.129. The van der Waals surface area contributed by atoms with Crippen molar-refractivity contribution >= 4 is 0 Å². The molecule has 1 aromatic heterocycles. The van der Waals surface area contributed by atoms with Crippen molar-refractivity contribution in [2.45, 2.75) is 12.5 Å². The van der Waals surface area contributed by atoms with Gasteiger partial charge in [-0.2, -0.15) is 0 Å². The standard InChI is InChI=1S/C10H18N4O/c1-14(2)7-4-8(11)9-10(15-3)13-6-5-12-9/h5-6,8H,4,7,11H2,1-3H3. The molecule has 0 saturated carbocycles. The van der Waals surface area contributed by atoms with Gasteiger partial charge in [0.15, 0.2) is 0 Å². The lowest BCUT2D eigenvalue weighted by Crippen LogP contribution is -2.21. The number of methoxy groups -OCH3 is 1. The number of ether oxygens (including phenoxy) is 1. The molecule has 15 heavy (non-hydrogen) atoms. The summed E-state index contributed by atoms with van der Waals surface area (Å²) >= 11 is 0. The van der Waals surface area contributed by atoms with Gasteiger partial charge in [-0.05, 0) is 27.1 Å². The highest BCUT2D eigenvalue weighted by atomic mass is 16.5. The van der Waals surface area contributed by atoms with E-state index in [0.717, 1.165) is 18.7 Å². The van der Waals surface area contributed by atoms with Gasteiger partial charge >= 0.3 is 0 Å². The number of rotatable bonds is 5. The van der Waals surface area contributed by atoms with Crippen LogP contribution in [0.5, 0.6) is 5.88 Å². The zero-order valence-electron chi connectivity index (χ0n) is 9.47. The van der Waals surface area contributed by atoms with Crippen LogP contribution < -0.4 is 10.5 Å². The van der Waals surface area contributed by atoms with Crippen molar-refractivity contribution in [1.29, 1.82) is 0 Å². The summed E-state index contributed by atoms with van der Waals surface area (Å²) in [6, 6.07) is -0.129. The van der Waals surface area contributed by atoms with Gasteiger partial charge < -0.3 is 15.4 Å². The van der Waals surface area contributed by atoms with Crippen molar-refractivity contribution in [2.24, 2.45) is 5.73 Å². The Kier molecular flexibility index (Phi) is 4.45. The summed E-state index contributed by atoms with van der Waals surface area (Å²) in [5.74, 6) is 0.517. The van der Waals surface area contributed by atoms with Crippen molar-refractivity contribution in [2.75, 3.05) is 27.7 Å². The third-order valence-corrected chi connectivity index (χ3v) is 2.12. The first kappa shape index (κ1) is 11.9. The number of nitrogens with two attached hydrogens (primary N) is 1. The predicted octanol–water partition coefficient (Wildman–Crippen LogP) is 0.437. The molecule has 0 bridgehead atoms. The number of aromatic nitrogens is 2. The summed E-state index contributed by atoms with van der Waals surface area (Å²) in [5, 5.41) is 0. The molecule has 1 heterocycles. The Labute approximate surface area is 90.3 Å². The maximum atomic E-state index is 6.01. The Balaban J connectivity index is 2.68. The maximum absolute atomic E-state index is 6.01. The molecule has 0 aliphatic rings. The molecule has 0 amide bonds. The smallest absolute Gasteiger partial charge is 0.236 e. The number of hydrogen-bond donors (Lipinski definition) is 1. The minimum Gasteiger partial charge on any atom is -0.480 e. The molecule has 1 unspecified atom stereocenters. The van der Waals surface area contributed by atoms with Gasteiger partial charge in [0, 0.05) is 12.4 Å². The van der Waals surface area contributed by atoms with Gasteiger partial charge in [-0.25, -0.2) is 4.98 Å². The van der Waals surface area contributed by atoms with Crippen LogP contribution in [0.2, 0.25) is 0 Å². The van der Waals surface area contributed by atoms with E-state index >= 15 is 0 Å². The first-order chi connectivity index (χ1) is 7.15. The Morgan fingerprint density at radius 3 is 2.67 bits per heavy atom. The van der Waals surface area contributed by atoms with Crippen LogP contribution >= 0.6 is 0 Å². The lowest BCUT2D eigenvalue weighted by atomic mass is 10.1. The summed E-state index contributed by atoms with van der Waals surface area (Å²) in [6.45, 7) is 0.918. The van der Waals surface area contributed by atoms with Gasteiger partial charge in [0.25, 0.3) is 0 Å². The molecule has 0 fully saturated rings. The van der Waals surface area contributed by atoms with Crippen molar-refractivity contribution in [3.05, 3.63) is 18.1 Å². The summed E-state index contributed by atoms with van der Waals surface area (Å²) in [7, 11) is 5.60. The Hall–Kier alpha value is -1.20. The maximum Gasteiger partial charge on any atom is 0.236 e. The van der Waals surface area contributed by atoms with Gasteiger partial charge in [-0.3, -0.25) is 4.98 Å². The van der Waals surface area contributed by atoms with E-state index in [2.05, 4.69) is 14.9 Å². The highest BCUT2D eigenvalue weighted by molar-refractivity contribution is 5.20. The topological polar surface area (TPSA) is 64.3 Å². The van der Waals surface area contributed by atoms with Crippen molar-refractivity contribution < 1.29 is 4.74 Å². The van der Waals surface area contributed by atoms with E-state index in [4.69, 9.17) is 10.5 Å². The second-order valence-corrected chi connectivity index (χ2v) is 3.65. The first-order valence-electron chi connectivity index (χ1n) is 4.90. The molecule has 0 aliphatic carbocycles. The van der Waals surface area contributed by atoms with E-state index in [1.807, 2.05) is 14.1 Å². The quantitative estimate of drug-likeness (QED) is 0.763. The predicted molar refractivity (Wildman–Crippen MR) is 58.7 cm³/mol. The molecule has 84 valence electrons. The van der Waals surface area contributed by atoms with E-state index in [1.165, 1.54) is 0 Å². The third kappa shape index (κ3) is 3.45. The van der Waals surface area contributed by atoms with Crippen LogP contribution in [0, 0.1) is 0 Å². The minimum absolute atomic E-state index is 0.129. The molecule has 1 atom stereocenters. The Morgan fingerprint density at radius 1 is 1.40 bits per heavy atom. The van der Waals surface area contributed by atoms with Crippen molar-refractivity contribution in [3.63, 3.8) is 0 Å². The second kappa shape index (κ2) is 5.63. The van der Waals surface area contributed by atoms with E-state index in [-0.39, 0.29) is 6.04 Å². The zero-order valence-corrected chi connectivity index (χ0v) is 9.47. The van der Waals surface area contributed by atoms with Crippen LogP contribution in [0.3, 0.4) is 0 Å². The van der Waals surface area contributed by atoms with Gasteiger partial charge in [-0.15, -0.1) is 0 Å². The lowest BCUT2D eigenvalue weighted by Gasteiger charge is -2.15. The summed E-state index contributed by atoms with van der Waals surface area (Å²) < 4.78 is 5.11. The molecular weight excluding hydrogens is 192 g/mol. The number of nitrogens with zero attached hydrogens (tertiary/aromatic N) is 3. The molecule has 0 radical (unpaired) electrons. The molecule has 0 saturated heterocycles. The summed E-state index contributed by atoms with van der Waals surface area (Å²) in [6.07, 6.45) is 4.07. The van der Waals surface area contributed by atoms with E-state index in [1.54, 1.807) is 19.5 Å². The fraction of sp³-hybridized carbons (Fsp3) is 0.600. The third-order valence-electron chi connectivity index (χ3n) is 2.12. The van der Waals surface area contributed by atoms with Crippen molar-refractivity contribution in [3.8, 4) is 5.88 Å². The molecule has 2 N–H and O–H groups in total. The van der Waals surface area contributed by atoms with Gasteiger partial charge in [0.2, 0.25) is 5.88 Å². The molecule has 0 aromatic carbocycles. The molecule has 5 heteroatoms. The van der Waals surface area contributed by atoms with Gasteiger partial charge in [0.05, 0.1) is 13.2 Å². The van der Waals surface area contributed by atoms with Crippen LogP contribution in [0.4, 0.5) is 0 Å². The molecule has 0 spiro atoms. The van der Waals surface area contributed by atoms with Gasteiger partial charge in [-0.1, -0.05) is 0 Å². The van der Waals surface area contributed by atoms with Crippen LogP contribution in [0.25, 0.3) is 0 Å². The Morgan fingerprint density at radius 2 is 2.07 bits per heavy atom. The van der Waals surface area contributed by atoms with Crippen LogP contribution in [0.1, 0.15) is 18.2 Å². The van der Waals surface area contributed by atoms with Gasteiger partial charge in [0.1, 0.15) is 5.69 Å². The van der Waals surface area contributed by atoms with E-state index in [9.17, 15) is 0 Å². The SMILES string of the molecule is COc1nccnc1C(N)CCN(C)C.